The van der Waals surface area contributed by atoms with Crippen molar-refractivity contribution in [2.75, 3.05) is 18.0 Å². The van der Waals surface area contributed by atoms with E-state index in [-0.39, 0.29) is 18.1 Å². The van der Waals surface area contributed by atoms with Crippen LogP contribution in [0.4, 0.5) is 5.82 Å². The van der Waals surface area contributed by atoms with Gasteiger partial charge in [0.2, 0.25) is 0 Å². The predicted octanol–water partition coefficient (Wildman–Crippen LogP) is 3.98. The normalized spacial score (nSPS) is 19.8. The molecule has 5 nitrogen and oxygen atoms in total. The van der Waals surface area contributed by atoms with E-state index < -0.39 is 0 Å². The van der Waals surface area contributed by atoms with Crippen LogP contribution in [0.1, 0.15) is 47.0 Å². The van der Waals surface area contributed by atoms with Crippen molar-refractivity contribution in [2.24, 2.45) is 11.1 Å². The minimum Gasteiger partial charge on any atom is -0.390 e. The van der Waals surface area contributed by atoms with Crippen molar-refractivity contribution >= 4 is 18.0 Å². The third-order valence-electron chi connectivity index (χ3n) is 6.89. The zero-order valence-corrected chi connectivity index (χ0v) is 17.6. The van der Waals surface area contributed by atoms with Gasteiger partial charge in [0, 0.05) is 19.1 Å². The number of aliphatic hydroxyl groups excluding tert-OH is 1. The average molecular weight is 413 g/mol. The number of benzene rings is 2. The third-order valence-corrected chi connectivity index (χ3v) is 6.89. The first-order chi connectivity index (χ1) is 15.2. The molecule has 2 aromatic carbocycles. The highest BCUT2D eigenvalue weighted by Crippen LogP contribution is 2.50. The molecule has 3 N–H and O–H groups in total. The molecule has 5 heteroatoms. The standard InChI is InChI=1S/C26H28N4O/c27-24-22-9-5-4-8-20(22)16-26(24)12-14-30(15-13-26)25-23(18-31)29-21(17-28-25)11-10-19-6-2-1-3-7-19/h1-11,17,24,31H,12-16,18,27H2/b11-10-/t24-/m1/s1. The highest BCUT2D eigenvalue weighted by Gasteiger charge is 2.46. The SMILES string of the molecule is N[C@@H]1c2ccccc2CC12CCN(c1ncc(/C=C\c3ccccc3)nc1CO)CC2. The third kappa shape index (κ3) is 3.75. The van der Waals surface area contributed by atoms with Crippen molar-refractivity contribution in [2.45, 2.75) is 31.9 Å². The topological polar surface area (TPSA) is 75.3 Å². The van der Waals surface area contributed by atoms with Crippen LogP contribution >= 0.6 is 0 Å². The van der Waals surface area contributed by atoms with E-state index in [1.165, 1.54) is 11.1 Å². The molecule has 1 saturated heterocycles. The summed E-state index contributed by atoms with van der Waals surface area (Å²) in [6.07, 6.45) is 8.82. The van der Waals surface area contributed by atoms with Crippen LogP contribution in [0.5, 0.6) is 0 Å². The van der Waals surface area contributed by atoms with Crippen LogP contribution in [0, 0.1) is 5.41 Å². The highest BCUT2D eigenvalue weighted by molar-refractivity contribution is 5.68. The van der Waals surface area contributed by atoms with Crippen molar-refractivity contribution in [3.05, 3.63) is 88.9 Å². The average Bonchev–Trinajstić information content (AvgIpc) is 3.10. The van der Waals surface area contributed by atoms with E-state index in [1.807, 2.05) is 42.5 Å². The summed E-state index contributed by atoms with van der Waals surface area (Å²) in [5, 5.41) is 9.95. The molecule has 1 aliphatic carbocycles. The van der Waals surface area contributed by atoms with Gasteiger partial charge in [0.1, 0.15) is 5.69 Å². The Morgan fingerprint density at radius 3 is 2.52 bits per heavy atom. The number of hydrogen-bond donors (Lipinski definition) is 2. The van der Waals surface area contributed by atoms with E-state index in [0.29, 0.717) is 5.69 Å². The van der Waals surface area contributed by atoms with Gasteiger partial charge in [0.15, 0.2) is 5.82 Å². The lowest BCUT2D eigenvalue weighted by Crippen LogP contribution is -2.45. The Hall–Kier alpha value is -3.02. The maximum absolute atomic E-state index is 9.95. The molecular weight excluding hydrogens is 384 g/mol. The van der Waals surface area contributed by atoms with Gasteiger partial charge >= 0.3 is 0 Å². The smallest absolute Gasteiger partial charge is 0.152 e. The van der Waals surface area contributed by atoms with Crippen LogP contribution in [0.3, 0.4) is 0 Å². The molecule has 1 spiro atoms. The van der Waals surface area contributed by atoms with Crippen LogP contribution in [-0.2, 0) is 13.0 Å². The molecule has 2 heterocycles. The molecule has 158 valence electrons. The Morgan fingerprint density at radius 1 is 1.03 bits per heavy atom. The summed E-state index contributed by atoms with van der Waals surface area (Å²) < 4.78 is 0. The Bertz CT molecular complexity index is 1090. The van der Waals surface area contributed by atoms with E-state index in [2.05, 4.69) is 39.1 Å². The van der Waals surface area contributed by atoms with Crippen molar-refractivity contribution < 1.29 is 5.11 Å². The summed E-state index contributed by atoms with van der Waals surface area (Å²) in [6.45, 7) is 1.63. The Kier molecular flexibility index (Phi) is 5.30. The summed E-state index contributed by atoms with van der Waals surface area (Å²) in [5.74, 6) is 0.790. The molecule has 1 aromatic heterocycles. The van der Waals surface area contributed by atoms with E-state index in [1.54, 1.807) is 6.20 Å². The number of nitrogens with two attached hydrogens (primary N) is 1. The number of piperidine rings is 1. The monoisotopic (exact) mass is 412 g/mol. The van der Waals surface area contributed by atoms with Gasteiger partial charge in [-0.2, -0.15) is 0 Å². The van der Waals surface area contributed by atoms with Gasteiger partial charge in [-0.25, -0.2) is 9.97 Å². The minimum absolute atomic E-state index is 0.0970. The zero-order chi connectivity index (χ0) is 21.3. The maximum atomic E-state index is 9.95. The molecule has 0 amide bonds. The highest BCUT2D eigenvalue weighted by atomic mass is 16.3. The molecule has 1 aliphatic heterocycles. The van der Waals surface area contributed by atoms with Gasteiger partial charge in [0.25, 0.3) is 0 Å². The van der Waals surface area contributed by atoms with Gasteiger partial charge in [-0.3, -0.25) is 0 Å². The molecule has 0 saturated carbocycles. The predicted molar refractivity (Wildman–Crippen MR) is 124 cm³/mol. The largest absolute Gasteiger partial charge is 0.390 e. The quantitative estimate of drug-likeness (QED) is 0.678. The van der Waals surface area contributed by atoms with Crippen molar-refractivity contribution in [1.82, 2.24) is 9.97 Å². The van der Waals surface area contributed by atoms with Crippen LogP contribution in [0.2, 0.25) is 0 Å². The van der Waals surface area contributed by atoms with Gasteiger partial charge in [0.05, 0.1) is 18.5 Å². The summed E-state index contributed by atoms with van der Waals surface area (Å²) in [7, 11) is 0. The number of hydrogen-bond acceptors (Lipinski definition) is 5. The molecule has 0 unspecified atom stereocenters. The number of nitrogens with zero attached hydrogens (tertiary/aromatic N) is 3. The minimum atomic E-state index is -0.123. The number of rotatable bonds is 4. The second-order valence-corrected chi connectivity index (χ2v) is 8.67. The molecule has 0 radical (unpaired) electrons. The fourth-order valence-electron chi connectivity index (χ4n) is 5.10. The van der Waals surface area contributed by atoms with E-state index >= 15 is 0 Å². The Morgan fingerprint density at radius 2 is 1.77 bits per heavy atom. The second-order valence-electron chi connectivity index (χ2n) is 8.67. The first kappa shape index (κ1) is 19.9. The second kappa shape index (κ2) is 8.25. The lowest BCUT2D eigenvalue weighted by Gasteiger charge is -2.42. The number of aromatic nitrogens is 2. The van der Waals surface area contributed by atoms with Crippen molar-refractivity contribution in [3.8, 4) is 0 Å². The molecule has 3 aromatic rings. The first-order valence-corrected chi connectivity index (χ1v) is 11.0. The van der Waals surface area contributed by atoms with Gasteiger partial charge in [-0.15, -0.1) is 0 Å². The molecule has 5 rings (SSSR count). The van der Waals surface area contributed by atoms with E-state index in [0.717, 1.165) is 49.4 Å². The summed E-state index contributed by atoms with van der Waals surface area (Å²) in [4.78, 5) is 11.6. The zero-order valence-electron chi connectivity index (χ0n) is 17.6. The van der Waals surface area contributed by atoms with Crippen molar-refractivity contribution in [3.63, 3.8) is 0 Å². The fraction of sp³-hybridized carbons (Fsp3) is 0.308. The molecular formula is C26H28N4O. The van der Waals surface area contributed by atoms with Gasteiger partial charge in [-0.1, -0.05) is 60.7 Å². The number of fused-ring (bicyclic) bond motifs is 1. The molecule has 31 heavy (non-hydrogen) atoms. The van der Waals surface area contributed by atoms with Crippen LogP contribution in [-0.4, -0.2) is 28.2 Å². The van der Waals surface area contributed by atoms with E-state index in [9.17, 15) is 5.11 Å². The van der Waals surface area contributed by atoms with Crippen LogP contribution < -0.4 is 10.6 Å². The fourth-order valence-corrected chi connectivity index (χ4v) is 5.10. The lowest BCUT2D eigenvalue weighted by atomic mass is 9.73. The Labute approximate surface area is 183 Å². The molecule has 1 atom stereocenters. The number of anilines is 1. The van der Waals surface area contributed by atoms with Gasteiger partial charge < -0.3 is 15.7 Å². The number of aliphatic hydroxyl groups is 1. The van der Waals surface area contributed by atoms with Crippen LogP contribution in [0.25, 0.3) is 12.2 Å². The van der Waals surface area contributed by atoms with Crippen LogP contribution in [0.15, 0.2) is 60.8 Å². The first-order valence-electron chi connectivity index (χ1n) is 11.0. The Balaban J connectivity index is 1.31. The summed E-state index contributed by atoms with van der Waals surface area (Å²) >= 11 is 0. The molecule has 0 bridgehead atoms. The maximum Gasteiger partial charge on any atom is 0.152 e. The summed E-state index contributed by atoms with van der Waals surface area (Å²) in [6, 6.07) is 18.8. The van der Waals surface area contributed by atoms with Crippen molar-refractivity contribution in [1.29, 1.82) is 0 Å². The lowest BCUT2D eigenvalue weighted by molar-refractivity contribution is 0.186. The van der Waals surface area contributed by atoms with Gasteiger partial charge in [-0.05, 0) is 47.4 Å². The molecule has 2 aliphatic rings. The van der Waals surface area contributed by atoms with E-state index in [4.69, 9.17) is 5.73 Å². The summed E-state index contributed by atoms with van der Waals surface area (Å²) in [5.41, 5.74) is 12.0. The molecule has 1 fully saturated rings.